The largest absolute Gasteiger partial charge is 0.477 e. The van der Waals surface area contributed by atoms with Crippen LogP contribution in [0.4, 0.5) is 5.13 Å². The number of carboxylic acid groups (broad SMARTS) is 1. The third-order valence-corrected chi connectivity index (χ3v) is 8.41. The number of nitrogen functional groups attached to an aromatic ring is 1. The Kier molecular flexibility index (Phi) is 6.93. The first kappa shape index (κ1) is 22.9. The maximum absolute atomic E-state index is 12.8. The van der Waals surface area contributed by atoms with Crippen molar-refractivity contribution in [3.05, 3.63) is 21.7 Å². The number of anilines is 1. The molecule has 0 aliphatic carbocycles. The summed E-state index contributed by atoms with van der Waals surface area (Å²) in [5, 5.41) is 17.4. The quantitative estimate of drug-likeness (QED) is 0.264. The van der Waals surface area contributed by atoms with Gasteiger partial charge in [0.25, 0.3) is 11.8 Å². The molecule has 11 nitrogen and oxygen atoms in total. The first-order valence-corrected chi connectivity index (χ1v) is 12.6. The van der Waals surface area contributed by atoms with E-state index in [1.54, 1.807) is 5.38 Å². The van der Waals surface area contributed by atoms with Crippen molar-refractivity contribution in [3.63, 3.8) is 0 Å². The third-order valence-electron chi connectivity index (χ3n) is 5.05. The third kappa shape index (κ3) is 4.44. The summed E-state index contributed by atoms with van der Waals surface area (Å²) in [6, 6.07) is -0.885. The molecule has 172 valence electrons. The molecule has 3 unspecified atom stereocenters. The maximum Gasteiger partial charge on any atom is 0.353 e. The van der Waals surface area contributed by atoms with Crippen LogP contribution in [0, 0.1) is 0 Å². The lowest BCUT2D eigenvalue weighted by atomic mass is 10.0. The summed E-state index contributed by atoms with van der Waals surface area (Å²) in [6.45, 7) is 0.723. The Morgan fingerprint density at radius 3 is 2.97 bits per heavy atom. The molecule has 2 amide bonds. The number of β-lactam (4-membered cyclic amide) rings is 1. The number of aliphatic carboxylic acids is 1. The van der Waals surface area contributed by atoms with Crippen molar-refractivity contribution in [2.24, 2.45) is 5.16 Å². The minimum atomic E-state index is -1.16. The Morgan fingerprint density at radius 1 is 1.53 bits per heavy atom. The first-order valence-electron chi connectivity index (χ1n) is 9.69. The van der Waals surface area contributed by atoms with Gasteiger partial charge in [0.2, 0.25) is 0 Å². The van der Waals surface area contributed by atoms with E-state index >= 15 is 0 Å². The van der Waals surface area contributed by atoms with Crippen LogP contribution in [0.1, 0.15) is 18.5 Å². The Hall–Kier alpha value is -2.29. The number of nitrogens with two attached hydrogens (primary N) is 1. The van der Waals surface area contributed by atoms with Gasteiger partial charge in [-0.25, -0.2) is 9.78 Å². The molecule has 0 bridgehead atoms. The molecule has 3 aliphatic heterocycles. The zero-order valence-corrected chi connectivity index (χ0v) is 19.4. The number of amides is 2. The summed E-state index contributed by atoms with van der Waals surface area (Å²) in [6.07, 6.45) is 2.05. The van der Waals surface area contributed by atoms with Crippen LogP contribution >= 0.6 is 34.9 Å². The minimum absolute atomic E-state index is 0.0229. The number of nitrogens with one attached hydrogen (secondary N) is 1. The van der Waals surface area contributed by atoms with Crippen LogP contribution in [0.25, 0.3) is 0 Å². The Bertz CT molecular complexity index is 990. The summed E-state index contributed by atoms with van der Waals surface area (Å²) in [5.74, 6) is -1.23. The van der Waals surface area contributed by atoms with E-state index in [1.807, 2.05) is 0 Å². The smallest absolute Gasteiger partial charge is 0.353 e. The molecular weight excluding hydrogens is 478 g/mol. The summed E-state index contributed by atoms with van der Waals surface area (Å²) in [7, 11) is 1.29. The fraction of sp³-hybridized carbons (Fsp3) is 0.500. The molecule has 3 aliphatic rings. The lowest BCUT2D eigenvalue weighted by Gasteiger charge is -2.49. The molecule has 4 rings (SSSR count). The number of ether oxygens (including phenoxy) is 1. The van der Waals surface area contributed by atoms with E-state index in [2.05, 4.69) is 15.5 Å². The number of thioether (sulfide) groups is 2. The van der Waals surface area contributed by atoms with Crippen LogP contribution in [0.5, 0.6) is 0 Å². The molecule has 1 aromatic heterocycles. The van der Waals surface area contributed by atoms with Gasteiger partial charge in [0.1, 0.15) is 29.9 Å². The molecule has 4 heterocycles. The van der Waals surface area contributed by atoms with Crippen LogP contribution in [-0.2, 0) is 24.0 Å². The van der Waals surface area contributed by atoms with Crippen LogP contribution in [0.2, 0.25) is 0 Å². The van der Waals surface area contributed by atoms with Gasteiger partial charge in [-0.05, 0) is 12.8 Å². The molecule has 4 N–H and O–H groups in total. The fourth-order valence-electron chi connectivity index (χ4n) is 3.57. The number of nitrogens with zero attached hydrogens (tertiary/aromatic N) is 3. The second kappa shape index (κ2) is 9.68. The number of carbonyl (C=O) groups is 3. The van der Waals surface area contributed by atoms with E-state index in [1.165, 1.54) is 35.5 Å². The van der Waals surface area contributed by atoms with Gasteiger partial charge in [0.15, 0.2) is 10.8 Å². The predicted molar refractivity (Wildman–Crippen MR) is 121 cm³/mol. The van der Waals surface area contributed by atoms with Crippen molar-refractivity contribution in [3.8, 4) is 0 Å². The van der Waals surface area contributed by atoms with Gasteiger partial charge in [-0.2, -0.15) is 0 Å². The average molecular weight is 500 g/mol. The Morgan fingerprint density at radius 2 is 2.34 bits per heavy atom. The summed E-state index contributed by atoms with van der Waals surface area (Å²) < 4.78 is 5.60. The molecule has 0 aromatic carbocycles. The van der Waals surface area contributed by atoms with Crippen LogP contribution in [-0.4, -0.2) is 81.2 Å². The van der Waals surface area contributed by atoms with E-state index < -0.39 is 29.2 Å². The number of fused-ring (bicyclic) bond motifs is 1. The van der Waals surface area contributed by atoms with E-state index in [-0.39, 0.29) is 28.3 Å². The number of thiazole rings is 1. The Balaban J connectivity index is 1.46. The van der Waals surface area contributed by atoms with Gasteiger partial charge in [0, 0.05) is 28.4 Å². The zero-order chi connectivity index (χ0) is 22.8. The van der Waals surface area contributed by atoms with Crippen LogP contribution in [0.15, 0.2) is 21.1 Å². The number of aromatic nitrogens is 1. The lowest BCUT2D eigenvalue weighted by molar-refractivity contribution is -0.150. The highest BCUT2D eigenvalue weighted by Gasteiger charge is 2.54. The van der Waals surface area contributed by atoms with Gasteiger partial charge in [0.05, 0.1) is 6.10 Å². The predicted octanol–water partition coefficient (Wildman–Crippen LogP) is 0.684. The molecule has 3 atom stereocenters. The molecule has 14 heteroatoms. The minimum Gasteiger partial charge on any atom is -0.477 e. The van der Waals surface area contributed by atoms with E-state index in [0.29, 0.717) is 16.4 Å². The highest BCUT2D eigenvalue weighted by molar-refractivity contribution is 8.06. The maximum atomic E-state index is 12.8. The molecule has 2 fully saturated rings. The molecule has 32 heavy (non-hydrogen) atoms. The standard InChI is InChI=1S/C18H21N5O6S3/c1-28-22-11(9-6-32-18(19)20-9)14(24)21-12-15(25)23-13(17(26)27)10(7-31-16(12)23)30-5-8-3-2-4-29-8/h6,8,12,16H,2-5,7H2,1H3,(H2,19,20)(H,21,24)(H,26,27)/b22-11-. The van der Waals surface area contributed by atoms with Crippen molar-refractivity contribution in [1.82, 2.24) is 15.2 Å². The van der Waals surface area contributed by atoms with Crippen molar-refractivity contribution in [2.75, 3.05) is 31.0 Å². The SMILES string of the molecule is CO/N=C(\C(=O)NC1C(=O)N2C(C(=O)O)=C(SCC3CCCO3)CSC12)c1csc(N)n1. The first-order chi connectivity index (χ1) is 15.4. The number of carbonyl (C=O) groups excluding carboxylic acids is 2. The average Bonchev–Trinajstić information content (AvgIpc) is 3.45. The number of carboxylic acids is 1. The van der Waals surface area contributed by atoms with Gasteiger partial charge in [-0.15, -0.1) is 34.9 Å². The van der Waals surface area contributed by atoms with Crippen molar-refractivity contribution < 1.29 is 29.1 Å². The number of rotatable bonds is 8. The molecule has 0 radical (unpaired) electrons. The molecule has 0 spiro atoms. The topological polar surface area (TPSA) is 156 Å². The van der Waals surface area contributed by atoms with Crippen molar-refractivity contribution in [1.29, 1.82) is 0 Å². The normalized spacial score (nSPS) is 25.4. The number of oxime groups is 1. The lowest BCUT2D eigenvalue weighted by Crippen LogP contribution is -2.71. The zero-order valence-electron chi connectivity index (χ0n) is 17.0. The molecule has 1 aromatic rings. The Labute approximate surface area is 195 Å². The second-order valence-corrected chi connectivity index (χ2v) is 10.2. The van der Waals surface area contributed by atoms with Crippen molar-refractivity contribution >= 4 is 63.5 Å². The monoisotopic (exact) mass is 499 g/mol. The van der Waals surface area contributed by atoms with Gasteiger partial charge in [-0.3, -0.25) is 14.5 Å². The fourth-order valence-corrected chi connectivity index (χ4v) is 6.82. The molecular formula is C18H21N5O6S3. The molecule has 2 saturated heterocycles. The van der Waals surface area contributed by atoms with Crippen molar-refractivity contribution in [2.45, 2.75) is 30.4 Å². The van der Waals surface area contributed by atoms with Crippen LogP contribution < -0.4 is 11.1 Å². The number of hydrogen-bond donors (Lipinski definition) is 3. The summed E-state index contributed by atoms with van der Waals surface area (Å²) >= 11 is 3.96. The summed E-state index contributed by atoms with van der Waals surface area (Å²) in [5.41, 5.74) is 5.72. The second-order valence-electron chi connectivity index (χ2n) is 7.08. The molecule has 0 saturated carbocycles. The van der Waals surface area contributed by atoms with E-state index in [4.69, 9.17) is 15.3 Å². The van der Waals surface area contributed by atoms with Gasteiger partial charge >= 0.3 is 5.97 Å². The van der Waals surface area contributed by atoms with Crippen LogP contribution in [0.3, 0.4) is 0 Å². The highest BCUT2D eigenvalue weighted by atomic mass is 32.2. The van der Waals surface area contributed by atoms with Gasteiger partial charge in [-0.1, -0.05) is 5.16 Å². The number of hydrogen-bond acceptors (Lipinski definition) is 11. The summed E-state index contributed by atoms with van der Waals surface area (Å²) in [4.78, 5) is 48.2. The highest BCUT2D eigenvalue weighted by Crippen LogP contribution is 2.43. The van der Waals surface area contributed by atoms with Gasteiger partial charge < -0.3 is 25.7 Å². The van der Waals surface area contributed by atoms with E-state index in [0.717, 1.165) is 30.8 Å². The van der Waals surface area contributed by atoms with E-state index in [9.17, 15) is 19.5 Å².